The molecule has 0 aliphatic carbocycles. The van der Waals surface area contributed by atoms with Gasteiger partial charge in [-0.15, -0.1) is 11.3 Å². The van der Waals surface area contributed by atoms with E-state index in [0.717, 1.165) is 17.8 Å². The fraction of sp³-hybridized carbons (Fsp3) is 0.688. The van der Waals surface area contributed by atoms with Gasteiger partial charge in [-0.1, -0.05) is 6.92 Å². The lowest BCUT2D eigenvalue weighted by atomic mass is 9.96. The lowest BCUT2D eigenvalue weighted by Crippen LogP contribution is -2.33. The number of thiophene rings is 1. The highest BCUT2D eigenvalue weighted by molar-refractivity contribution is 7.14. The molecule has 2 heterocycles. The van der Waals surface area contributed by atoms with Gasteiger partial charge in [0.1, 0.15) is 0 Å². The van der Waals surface area contributed by atoms with Gasteiger partial charge in [-0.2, -0.15) is 0 Å². The van der Waals surface area contributed by atoms with Crippen molar-refractivity contribution >= 4 is 17.2 Å². The van der Waals surface area contributed by atoms with Crippen LogP contribution in [0.15, 0.2) is 12.1 Å². The Bertz CT molecular complexity index is 491. The minimum atomic E-state index is 0.0791. The van der Waals surface area contributed by atoms with E-state index in [1.165, 1.54) is 4.88 Å². The molecule has 1 aromatic rings. The Morgan fingerprint density at radius 3 is 2.68 bits per heavy atom. The highest BCUT2D eigenvalue weighted by atomic mass is 32.1. The summed E-state index contributed by atoms with van der Waals surface area (Å²) in [6.07, 6.45) is 0.950. The Hall–Kier alpha value is -0.950. The Morgan fingerprint density at radius 1 is 1.36 bits per heavy atom. The highest BCUT2D eigenvalue weighted by Gasteiger charge is 2.35. The summed E-state index contributed by atoms with van der Waals surface area (Å²) in [6, 6.07) is 3.93. The molecule has 1 aliphatic rings. The van der Waals surface area contributed by atoms with Crippen molar-refractivity contribution in [3.63, 3.8) is 0 Å². The zero-order chi connectivity index (χ0) is 16.1. The minimum absolute atomic E-state index is 0.0791. The van der Waals surface area contributed by atoms with Crippen LogP contribution in [0.4, 0.5) is 0 Å². The van der Waals surface area contributed by atoms with E-state index in [9.17, 15) is 9.90 Å². The molecule has 0 saturated carbocycles. The first-order chi connectivity index (χ1) is 10.6. The van der Waals surface area contributed by atoms with E-state index in [-0.39, 0.29) is 31.0 Å². The number of aliphatic hydroxyl groups is 2. The van der Waals surface area contributed by atoms with E-state index in [1.54, 1.807) is 11.3 Å². The lowest BCUT2D eigenvalue weighted by molar-refractivity contribution is 0.0783. The van der Waals surface area contributed by atoms with Gasteiger partial charge in [0.2, 0.25) is 0 Å². The molecule has 1 saturated heterocycles. The van der Waals surface area contributed by atoms with E-state index < -0.39 is 0 Å². The molecule has 1 amide bonds. The fourth-order valence-corrected chi connectivity index (χ4v) is 3.93. The summed E-state index contributed by atoms with van der Waals surface area (Å²) < 4.78 is 0. The van der Waals surface area contributed by atoms with Crippen molar-refractivity contribution in [1.82, 2.24) is 9.80 Å². The summed E-state index contributed by atoms with van der Waals surface area (Å²) in [4.78, 5) is 18.5. The summed E-state index contributed by atoms with van der Waals surface area (Å²) in [5.74, 6) is 0.460. The number of nitrogens with zero attached hydrogens (tertiary/aromatic N) is 2. The molecule has 1 fully saturated rings. The number of hydrogen-bond donors (Lipinski definition) is 2. The number of aryl methyl sites for hydroxylation is 1. The fourth-order valence-electron chi connectivity index (χ4n) is 3.02. The number of hydrogen-bond acceptors (Lipinski definition) is 5. The van der Waals surface area contributed by atoms with Crippen molar-refractivity contribution in [2.24, 2.45) is 11.8 Å². The third-order valence-corrected chi connectivity index (χ3v) is 5.56. The molecule has 0 unspecified atom stereocenters. The Morgan fingerprint density at radius 2 is 2.09 bits per heavy atom. The number of likely N-dealkylation sites (N-methyl/N-ethyl adjacent to an activating group) is 1. The van der Waals surface area contributed by atoms with Crippen LogP contribution in [0.5, 0.6) is 0 Å². The van der Waals surface area contributed by atoms with Crippen LogP contribution in [0.1, 0.15) is 21.5 Å². The van der Waals surface area contributed by atoms with Gasteiger partial charge in [-0.3, -0.25) is 4.79 Å². The van der Waals surface area contributed by atoms with Crippen LogP contribution in [-0.4, -0.2) is 72.4 Å². The second-order valence-corrected chi connectivity index (χ2v) is 7.19. The summed E-state index contributed by atoms with van der Waals surface area (Å²) in [5.41, 5.74) is 0. The van der Waals surface area contributed by atoms with Crippen molar-refractivity contribution < 1.29 is 15.0 Å². The van der Waals surface area contributed by atoms with Crippen LogP contribution in [0, 0.1) is 11.8 Å². The number of likely N-dealkylation sites (tertiary alicyclic amines) is 1. The molecule has 0 radical (unpaired) electrons. The molecule has 2 rings (SSSR count). The Kier molecular flexibility index (Phi) is 6.37. The Balaban J connectivity index is 1.99. The third kappa shape index (κ3) is 4.07. The average molecular weight is 326 g/mol. The SMILES string of the molecule is CCc1ccc(C(=O)N2C[C@@H](CN(C)CCO)[C@@H](CO)C2)s1. The van der Waals surface area contributed by atoms with Gasteiger partial charge in [-0.05, 0) is 31.5 Å². The maximum absolute atomic E-state index is 12.6. The van der Waals surface area contributed by atoms with E-state index in [2.05, 4.69) is 11.8 Å². The molecule has 1 aromatic heterocycles. The van der Waals surface area contributed by atoms with Crippen molar-refractivity contribution in [2.75, 3.05) is 46.4 Å². The second-order valence-electron chi connectivity index (χ2n) is 6.02. The van der Waals surface area contributed by atoms with E-state index >= 15 is 0 Å². The predicted molar refractivity (Wildman–Crippen MR) is 88.2 cm³/mol. The van der Waals surface area contributed by atoms with Gasteiger partial charge in [0, 0.05) is 43.6 Å². The molecule has 2 N–H and O–H groups in total. The number of aliphatic hydroxyl groups excluding tert-OH is 2. The summed E-state index contributed by atoms with van der Waals surface area (Å²) in [6.45, 7) is 5.03. The van der Waals surface area contributed by atoms with Gasteiger partial charge < -0.3 is 20.0 Å². The van der Waals surface area contributed by atoms with Crippen LogP contribution in [0.25, 0.3) is 0 Å². The smallest absolute Gasteiger partial charge is 0.263 e. The first-order valence-corrected chi connectivity index (χ1v) is 8.68. The number of rotatable bonds is 7. The molecular weight excluding hydrogens is 300 g/mol. The van der Waals surface area contributed by atoms with Crippen LogP contribution >= 0.6 is 11.3 Å². The van der Waals surface area contributed by atoms with Gasteiger partial charge in [0.15, 0.2) is 0 Å². The molecule has 2 atom stereocenters. The summed E-state index contributed by atoms with van der Waals surface area (Å²) in [5, 5.41) is 18.6. The number of carbonyl (C=O) groups is 1. The molecule has 1 aliphatic heterocycles. The van der Waals surface area contributed by atoms with E-state index in [0.29, 0.717) is 19.6 Å². The van der Waals surface area contributed by atoms with Crippen LogP contribution in [0.3, 0.4) is 0 Å². The quantitative estimate of drug-likeness (QED) is 0.782. The third-order valence-electron chi connectivity index (χ3n) is 4.35. The summed E-state index contributed by atoms with van der Waals surface area (Å²) >= 11 is 1.56. The molecule has 5 nitrogen and oxygen atoms in total. The van der Waals surface area contributed by atoms with Gasteiger partial charge >= 0.3 is 0 Å². The van der Waals surface area contributed by atoms with Crippen LogP contribution < -0.4 is 0 Å². The summed E-state index contributed by atoms with van der Waals surface area (Å²) in [7, 11) is 1.96. The molecule has 22 heavy (non-hydrogen) atoms. The van der Waals surface area contributed by atoms with E-state index in [1.807, 2.05) is 24.1 Å². The van der Waals surface area contributed by atoms with Crippen LogP contribution in [0.2, 0.25) is 0 Å². The molecule has 0 bridgehead atoms. The van der Waals surface area contributed by atoms with Gasteiger partial charge in [0.05, 0.1) is 11.5 Å². The molecule has 124 valence electrons. The maximum Gasteiger partial charge on any atom is 0.263 e. The lowest BCUT2D eigenvalue weighted by Gasteiger charge is -2.23. The second kappa shape index (κ2) is 8.06. The first-order valence-electron chi connectivity index (χ1n) is 7.87. The standard InChI is InChI=1S/C16H26N2O3S/c1-3-14-4-5-15(22-14)16(21)18-9-12(13(10-18)11-20)8-17(2)6-7-19/h4-5,12-13,19-20H,3,6-11H2,1-2H3/t12-,13-/m1/s1. The van der Waals surface area contributed by atoms with Crippen molar-refractivity contribution in [3.05, 3.63) is 21.9 Å². The van der Waals surface area contributed by atoms with Gasteiger partial charge in [-0.25, -0.2) is 0 Å². The number of carbonyl (C=O) groups excluding carboxylic acids is 1. The Labute approximate surface area is 136 Å². The molecular formula is C16H26N2O3S. The highest BCUT2D eigenvalue weighted by Crippen LogP contribution is 2.27. The van der Waals surface area contributed by atoms with Gasteiger partial charge in [0.25, 0.3) is 5.91 Å². The zero-order valence-electron chi connectivity index (χ0n) is 13.4. The van der Waals surface area contributed by atoms with Crippen molar-refractivity contribution in [3.8, 4) is 0 Å². The molecule has 6 heteroatoms. The van der Waals surface area contributed by atoms with E-state index in [4.69, 9.17) is 5.11 Å². The molecule has 0 spiro atoms. The zero-order valence-corrected chi connectivity index (χ0v) is 14.2. The van der Waals surface area contributed by atoms with Crippen LogP contribution in [-0.2, 0) is 6.42 Å². The topological polar surface area (TPSA) is 64.0 Å². The molecule has 0 aromatic carbocycles. The average Bonchev–Trinajstić information content (AvgIpc) is 3.13. The van der Waals surface area contributed by atoms with Crippen molar-refractivity contribution in [1.29, 1.82) is 0 Å². The maximum atomic E-state index is 12.6. The predicted octanol–water partition coefficient (Wildman–Crippen LogP) is 0.915. The minimum Gasteiger partial charge on any atom is -0.396 e. The largest absolute Gasteiger partial charge is 0.396 e. The normalized spacial score (nSPS) is 21.8. The first kappa shape index (κ1) is 17.4. The monoisotopic (exact) mass is 326 g/mol. The number of amides is 1. The van der Waals surface area contributed by atoms with Crippen molar-refractivity contribution in [2.45, 2.75) is 13.3 Å².